The van der Waals surface area contributed by atoms with E-state index in [1.54, 1.807) is 0 Å². The van der Waals surface area contributed by atoms with Gasteiger partial charge in [-0.05, 0) is 18.8 Å². The molecule has 1 saturated carbocycles. The summed E-state index contributed by atoms with van der Waals surface area (Å²) in [5, 5.41) is 3.11. The van der Waals surface area contributed by atoms with Crippen LogP contribution in [0.3, 0.4) is 0 Å². The third-order valence-electron chi connectivity index (χ3n) is 4.37. The van der Waals surface area contributed by atoms with Gasteiger partial charge in [0.15, 0.2) is 0 Å². The van der Waals surface area contributed by atoms with Gasteiger partial charge < -0.3 is 16.0 Å². The quantitative estimate of drug-likeness (QED) is 0.795. The van der Waals surface area contributed by atoms with Gasteiger partial charge in [-0.25, -0.2) is 4.79 Å². The van der Waals surface area contributed by atoms with Crippen molar-refractivity contribution in [1.29, 1.82) is 0 Å². The van der Waals surface area contributed by atoms with E-state index in [1.807, 2.05) is 4.90 Å². The molecule has 2 fully saturated rings. The Labute approximate surface area is 116 Å². The molecule has 0 unspecified atom stereocenters. The summed E-state index contributed by atoms with van der Waals surface area (Å²) in [5.41, 5.74) is 5.55. The van der Waals surface area contributed by atoms with Crippen LogP contribution in [0.1, 0.15) is 32.1 Å². The first-order chi connectivity index (χ1) is 9.29. The largest absolute Gasteiger partial charge is 0.338 e. The molecule has 0 spiro atoms. The molecule has 2 amide bonds. The lowest BCUT2D eigenvalue weighted by atomic mass is 9.89. The second kappa shape index (κ2) is 7.70. The maximum atomic E-state index is 12.1. The van der Waals surface area contributed by atoms with Gasteiger partial charge in [-0.1, -0.05) is 19.3 Å². The molecule has 1 aliphatic carbocycles. The number of carbonyl (C=O) groups is 1. The summed E-state index contributed by atoms with van der Waals surface area (Å²) < 4.78 is 0. The second-order valence-electron chi connectivity index (χ2n) is 5.81. The van der Waals surface area contributed by atoms with Gasteiger partial charge in [-0.3, -0.25) is 4.90 Å². The number of nitrogens with two attached hydrogens (primary N) is 1. The summed E-state index contributed by atoms with van der Waals surface area (Å²) in [6.07, 6.45) is 6.60. The monoisotopic (exact) mass is 268 g/mol. The molecule has 1 saturated heterocycles. The van der Waals surface area contributed by atoms with Crippen molar-refractivity contribution in [3.63, 3.8) is 0 Å². The number of urea groups is 1. The lowest BCUT2D eigenvalue weighted by Crippen LogP contribution is -2.53. The van der Waals surface area contributed by atoms with E-state index in [0.717, 1.165) is 39.3 Å². The van der Waals surface area contributed by atoms with E-state index >= 15 is 0 Å². The third kappa shape index (κ3) is 4.66. The lowest BCUT2D eigenvalue weighted by Gasteiger charge is -2.34. The molecule has 1 heterocycles. The van der Waals surface area contributed by atoms with Crippen LogP contribution in [0.5, 0.6) is 0 Å². The van der Waals surface area contributed by atoms with Crippen LogP contribution in [0.25, 0.3) is 0 Å². The average Bonchev–Trinajstić information content (AvgIpc) is 2.47. The van der Waals surface area contributed by atoms with Crippen molar-refractivity contribution in [2.24, 2.45) is 11.7 Å². The molecule has 0 aromatic rings. The number of hydrogen-bond acceptors (Lipinski definition) is 3. The van der Waals surface area contributed by atoms with Gasteiger partial charge in [0, 0.05) is 45.8 Å². The molecule has 0 aromatic carbocycles. The van der Waals surface area contributed by atoms with Crippen LogP contribution in [0.2, 0.25) is 0 Å². The first-order valence-corrected chi connectivity index (χ1v) is 7.75. The molecular formula is C14H28N4O. The van der Waals surface area contributed by atoms with Gasteiger partial charge >= 0.3 is 6.03 Å². The Morgan fingerprint density at radius 2 is 1.79 bits per heavy atom. The summed E-state index contributed by atoms with van der Waals surface area (Å²) >= 11 is 0. The van der Waals surface area contributed by atoms with Crippen LogP contribution in [-0.2, 0) is 0 Å². The van der Waals surface area contributed by atoms with Crippen LogP contribution in [0.15, 0.2) is 0 Å². The van der Waals surface area contributed by atoms with Crippen molar-refractivity contribution in [1.82, 2.24) is 15.1 Å². The van der Waals surface area contributed by atoms with Gasteiger partial charge in [-0.2, -0.15) is 0 Å². The van der Waals surface area contributed by atoms with Gasteiger partial charge in [0.25, 0.3) is 0 Å². The standard InChI is InChI=1S/C14H28N4O/c15-6-7-17-8-10-18(11-9-17)14(19)16-12-13-4-2-1-3-5-13/h13H,1-12,15H2,(H,16,19). The predicted octanol–water partition coefficient (Wildman–Crippen LogP) is 0.853. The van der Waals surface area contributed by atoms with Crippen molar-refractivity contribution < 1.29 is 4.79 Å². The zero-order chi connectivity index (χ0) is 13.5. The zero-order valence-corrected chi connectivity index (χ0v) is 11.9. The minimum absolute atomic E-state index is 0.123. The fourth-order valence-corrected chi connectivity index (χ4v) is 3.09. The molecule has 1 aliphatic heterocycles. The summed E-state index contributed by atoms with van der Waals surface area (Å²) in [4.78, 5) is 16.3. The van der Waals surface area contributed by atoms with Gasteiger partial charge in [0.1, 0.15) is 0 Å². The Balaban J connectivity index is 1.63. The smallest absolute Gasteiger partial charge is 0.317 e. The second-order valence-corrected chi connectivity index (χ2v) is 5.81. The Bertz CT molecular complexity index is 271. The van der Waals surface area contributed by atoms with Crippen molar-refractivity contribution in [3.8, 4) is 0 Å². The minimum atomic E-state index is 0.123. The molecule has 5 heteroatoms. The first-order valence-electron chi connectivity index (χ1n) is 7.75. The Morgan fingerprint density at radius 3 is 2.42 bits per heavy atom. The predicted molar refractivity (Wildman–Crippen MR) is 77.0 cm³/mol. The Hall–Kier alpha value is -0.810. The van der Waals surface area contributed by atoms with Crippen molar-refractivity contribution in [2.45, 2.75) is 32.1 Å². The number of amides is 2. The first kappa shape index (κ1) is 14.6. The van der Waals surface area contributed by atoms with Crippen molar-refractivity contribution in [2.75, 3.05) is 45.8 Å². The molecular weight excluding hydrogens is 240 g/mol. The minimum Gasteiger partial charge on any atom is -0.338 e. The van der Waals surface area contributed by atoms with E-state index in [4.69, 9.17) is 5.73 Å². The molecule has 0 bridgehead atoms. The topological polar surface area (TPSA) is 61.6 Å². The van der Waals surface area contributed by atoms with Crippen LogP contribution < -0.4 is 11.1 Å². The summed E-state index contributed by atoms with van der Waals surface area (Å²) in [6, 6.07) is 0.123. The average molecular weight is 268 g/mol. The lowest BCUT2D eigenvalue weighted by molar-refractivity contribution is 0.140. The molecule has 5 nitrogen and oxygen atoms in total. The highest BCUT2D eigenvalue weighted by Crippen LogP contribution is 2.22. The SMILES string of the molecule is NCCN1CCN(C(=O)NCC2CCCCC2)CC1. The molecule has 110 valence electrons. The Morgan fingerprint density at radius 1 is 1.11 bits per heavy atom. The molecule has 3 N–H and O–H groups in total. The highest BCUT2D eigenvalue weighted by molar-refractivity contribution is 5.74. The number of carbonyl (C=O) groups excluding carboxylic acids is 1. The zero-order valence-electron chi connectivity index (χ0n) is 11.9. The van der Waals surface area contributed by atoms with Crippen molar-refractivity contribution in [3.05, 3.63) is 0 Å². The highest BCUT2D eigenvalue weighted by atomic mass is 16.2. The molecule has 19 heavy (non-hydrogen) atoms. The summed E-state index contributed by atoms with van der Waals surface area (Å²) in [5.74, 6) is 0.705. The number of rotatable bonds is 4. The van der Waals surface area contributed by atoms with Crippen LogP contribution in [-0.4, -0.2) is 61.6 Å². The third-order valence-corrected chi connectivity index (χ3v) is 4.37. The summed E-state index contributed by atoms with van der Waals surface area (Å²) in [6.45, 7) is 6.07. The van der Waals surface area contributed by atoms with E-state index < -0.39 is 0 Å². The fraction of sp³-hybridized carbons (Fsp3) is 0.929. The van der Waals surface area contributed by atoms with E-state index in [-0.39, 0.29) is 6.03 Å². The summed E-state index contributed by atoms with van der Waals surface area (Å²) in [7, 11) is 0. The van der Waals surface area contributed by atoms with Crippen LogP contribution in [0, 0.1) is 5.92 Å². The molecule has 0 aromatic heterocycles. The van der Waals surface area contributed by atoms with E-state index in [0.29, 0.717) is 12.5 Å². The maximum Gasteiger partial charge on any atom is 0.317 e. The van der Waals surface area contributed by atoms with E-state index in [2.05, 4.69) is 10.2 Å². The molecule has 2 aliphatic rings. The van der Waals surface area contributed by atoms with E-state index in [1.165, 1.54) is 32.1 Å². The number of piperazine rings is 1. The van der Waals surface area contributed by atoms with Gasteiger partial charge in [0.2, 0.25) is 0 Å². The maximum absolute atomic E-state index is 12.1. The normalized spacial score (nSPS) is 22.5. The van der Waals surface area contributed by atoms with Crippen LogP contribution >= 0.6 is 0 Å². The van der Waals surface area contributed by atoms with E-state index in [9.17, 15) is 4.79 Å². The van der Waals surface area contributed by atoms with Gasteiger partial charge in [-0.15, -0.1) is 0 Å². The Kier molecular flexibility index (Phi) is 5.92. The van der Waals surface area contributed by atoms with Crippen molar-refractivity contribution >= 4 is 6.03 Å². The van der Waals surface area contributed by atoms with Crippen LogP contribution in [0.4, 0.5) is 4.79 Å². The molecule has 2 rings (SSSR count). The highest BCUT2D eigenvalue weighted by Gasteiger charge is 2.21. The number of nitrogens with zero attached hydrogens (tertiary/aromatic N) is 2. The number of nitrogens with one attached hydrogen (secondary N) is 1. The fourth-order valence-electron chi connectivity index (χ4n) is 3.09. The molecule has 0 radical (unpaired) electrons. The van der Waals surface area contributed by atoms with Gasteiger partial charge in [0.05, 0.1) is 0 Å². The number of hydrogen-bond donors (Lipinski definition) is 2. The molecule has 0 atom stereocenters.